The highest BCUT2D eigenvalue weighted by atomic mass is 16.5. The van der Waals surface area contributed by atoms with Crippen LogP contribution in [0.3, 0.4) is 0 Å². The number of hydrogen-bond acceptors (Lipinski definition) is 2. The van der Waals surface area contributed by atoms with Gasteiger partial charge in [-0.1, -0.05) is 43.7 Å². The number of nitrogens with one attached hydrogen (secondary N) is 1. The molecule has 0 saturated carbocycles. The summed E-state index contributed by atoms with van der Waals surface area (Å²) in [7, 11) is 0. The van der Waals surface area contributed by atoms with Gasteiger partial charge in [0.25, 0.3) is 0 Å². The van der Waals surface area contributed by atoms with Crippen LogP contribution in [0.1, 0.15) is 42.5 Å². The zero-order valence-electron chi connectivity index (χ0n) is 14.4. The van der Waals surface area contributed by atoms with Gasteiger partial charge in [-0.3, -0.25) is 4.79 Å². The summed E-state index contributed by atoms with van der Waals surface area (Å²) in [4.78, 5) is 11.7. The van der Waals surface area contributed by atoms with E-state index >= 15 is 0 Å². The minimum Gasteiger partial charge on any atom is -0.489 e. The Morgan fingerprint density at radius 2 is 1.91 bits per heavy atom. The fourth-order valence-electron chi connectivity index (χ4n) is 2.60. The van der Waals surface area contributed by atoms with Crippen molar-refractivity contribution < 1.29 is 9.53 Å². The summed E-state index contributed by atoms with van der Waals surface area (Å²) < 4.78 is 6.02. The normalized spacial score (nSPS) is 10.4. The van der Waals surface area contributed by atoms with Crippen molar-refractivity contribution in [3.05, 3.63) is 58.7 Å². The third-order valence-electron chi connectivity index (χ3n) is 3.95. The van der Waals surface area contributed by atoms with Crippen LogP contribution in [0, 0.1) is 13.8 Å². The van der Waals surface area contributed by atoms with E-state index in [4.69, 9.17) is 4.74 Å². The van der Waals surface area contributed by atoms with Gasteiger partial charge in [0, 0.05) is 17.7 Å². The van der Waals surface area contributed by atoms with E-state index < -0.39 is 0 Å². The molecule has 0 aliphatic rings. The first-order valence-electron chi connectivity index (χ1n) is 8.15. The van der Waals surface area contributed by atoms with Crippen LogP contribution in [-0.2, 0) is 17.8 Å². The number of hydrogen-bond donors (Lipinski definition) is 1. The molecular formula is C20H25NO2. The average Bonchev–Trinajstić information content (AvgIpc) is 2.54. The molecule has 0 aliphatic heterocycles. The fourth-order valence-corrected chi connectivity index (χ4v) is 2.60. The molecule has 0 spiro atoms. The molecule has 2 aromatic carbocycles. The van der Waals surface area contributed by atoms with Crippen LogP contribution in [0.5, 0.6) is 5.75 Å². The van der Waals surface area contributed by atoms with E-state index in [-0.39, 0.29) is 5.91 Å². The molecule has 122 valence electrons. The second-order valence-electron chi connectivity index (χ2n) is 5.76. The third-order valence-corrected chi connectivity index (χ3v) is 3.95. The smallest absolute Gasteiger partial charge is 0.224 e. The summed E-state index contributed by atoms with van der Waals surface area (Å²) in [5, 5.41) is 2.98. The fraction of sp³-hybridized carbons (Fsp3) is 0.350. The van der Waals surface area contributed by atoms with Crippen molar-refractivity contribution in [2.24, 2.45) is 0 Å². The summed E-state index contributed by atoms with van der Waals surface area (Å²) in [6.07, 6.45) is 1.37. The van der Waals surface area contributed by atoms with Crippen LogP contribution in [0.4, 0.5) is 5.69 Å². The Balaban J connectivity index is 2.24. The van der Waals surface area contributed by atoms with Crippen molar-refractivity contribution >= 4 is 11.6 Å². The molecule has 0 bridgehead atoms. The van der Waals surface area contributed by atoms with Crippen molar-refractivity contribution in [3.8, 4) is 5.75 Å². The Kier molecular flexibility index (Phi) is 5.80. The lowest BCUT2D eigenvalue weighted by Gasteiger charge is -2.16. The number of rotatable bonds is 6. The minimum absolute atomic E-state index is 0.0195. The number of ether oxygens (including phenoxy) is 1. The third kappa shape index (κ3) is 4.35. The predicted molar refractivity (Wildman–Crippen MR) is 95.0 cm³/mol. The standard InChI is InChI=1S/C20H25NO2/c1-5-16-8-7-9-18(21-20(22)6-2)17(16)13-23-19-11-10-14(3)12-15(19)4/h7-12H,5-6,13H2,1-4H3,(H,21,22). The van der Waals surface area contributed by atoms with Crippen molar-refractivity contribution in [1.82, 2.24) is 0 Å². The first-order chi connectivity index (χ1) is 11.0. The van der Waals surface area contributed by atoms with E-state index in [0.29, 0.717) is 13.0 Å². The lowest BCUT2D eigenvalue weighted by molar-refractivity contribution is -0.115. The Morgan fingerprint density at radius 1 is 1.13 bits per heavy atom. The first-order valence-corrected chi connectivity index (χ1v) is 8.15. The van der Waals surface area contributed by atoms with Crippen LogP contribution < -0.4 is 10.1 Å². The predicted octanol–water partition coefficient (Wildman–Crippen LogP) is 4.79. The summed E-state index contributed by atoms with van der Waals surface area (Å²) in [5.41, 5.74) is 5.44. The summed E-state index contributed by atoms with van der Waals surface area (Å²) in [6.45, 7) is 8.54. The molecule has 3 nitrogen and oxygen atoms in total. The van der Waals surface area contributed by atoms with E-state index in [1.807, 2.05) is 38.1 Å². The second kappa shape index (κ2) is 7.82. The number of amides is 1. The molecule has 0 saturated heterocycles. The van der Waals surface area contributed by atoms with Crippen LogP contribution in [0.2, 0.25) is 0 Å². The maximum Gasteiger partial charge on any atom is 0.224 e. The van der Waals surface area contributed by atoms with Crippen molar-refractivity contribution in [3.63, 3.8) is 0 Å². The molecule has 2 rings (SSSR count). The average molecular weight is 311 g/mol. The molecule has 0 aromatic heterocycles. The lowest BCUT2D eigenvalue weighted by atomic mass is 10.0. The van der Waals surface area contributed by atoms with E-state index in [1.54, 1.807) is 0 Å². The molecule has 1 amide bonds. The molecule has 0 fully saturated rings. The largest absolute Gasteiger partial charge is 0.489 e. The van der Waals surface area contributed by atoms with Crippen LogP contribution >= 0.6 is 0 Å². The van der Waals surface area contributed by atoms with E-state index in [2.05, 4.69) is 31.3 Å². The molecule has 0 radical (unpaired) electrons. The van der Waals surface area contributed by atoms with Gasteiger partial charge in [0.15, 0.2) is 0 Å². The van der Waals surface area contributed by atoms with Gasteiger partial charge in [-0.15, -0.1) is 0 Å². The van der Waals surface area contributed by atoms with E-state index in [1.165, 1.54) is 11.1 Å². The van der Waals surface area contributed by atoms with Crippen LogP contribution in [-0.4, -0.2) is 5.91 Å². The highest BCUT2D eigenvalue weighted by Crippen LogP contribution is 2.25. The quantitative estimate of drug-likeness (QED) is 0.832. The monoisotopic (exact) mass is 311 g/mol. The summed E-state index contributed by atoms with van der Waals surface area (Å²) >= 11 is 0. The number of anilines is 1. The highest BCUT2D eigenvalue weighted by molar-refractivity contribution is 5.91. The van der Waals surface area contributed by atoms with Gasteiger partial charge < -0.3 is 10.1 Å². The van der Waals surface area contributed by atoms with Crippen molar-refractivity contribution in [2.45, 2.75) is 47.1 Å². The maximum absolute atomic E-state index is 11.7. The minimum atomic E-state index is 0.0195. The van der Waals surface area contributed by atoms with Crippen molar-refractivity contribution in [1.29, 1.82) is 0 Å². The van der Waals surface area contributed by atoms with Gasteiger partial charge >= 0.3 is 0 Å². The lowest BCUT2D eigenvalue weighted by Crippen LogP contribution is -2.13. The zero-order valence-corrected chi connectivity index (χ0v) is 14.4. The molecular weight excluding hydrogens is 286 g/mol. The number of benzene rings is 2. The highest BCUT2D eigenvalue weighted by Gasteiger charge is 2.11. The summed E-state index contributed by atoms with van der Waals surface area (Å²) in [5.74, 6) is 0.903. The van der Waals surface area contributed by atoms with Gasteiger partial charge in [-0.05, 0) is 43.5 Å². The Morgan fingerprint density at radius 3 is 2.57 bits per heavy atom. The number of carbonyl (C=O) groups is 1. The number of carbonyl (C=O) groups excluding carboxylic acids is 1. The van der Waals surface area contributed by atoms with Crippen LogP contribution in [0.15, 0.2) is 36.4 Å². The number of aryl methyl sites for hydroxylation is 3. The van der Waals surface area contributed by atoms with E-state index in [0.717, 1.165) is 29.0 Å². The Bertz CT molecular complexity index is 692. The molecule has 0 atom stereocenters. The maximum atomic E-state index is 11.7. The topological polar surface area (TPSA) is 38.3 Å². The van der Waals surface area contributed by atoms with Gasteiger partial charge in [0.1, 0.15) is 12.4 Å². The Labute approximate surface area is 138 Å². The Hall–Kier alpha value is -2.29. The molecule has 23 heavy (non-hydrogen) atoms. The molecule has 0 unspecified atom stereocenters. The first kappa shape index (κ1) is 17.1. The zero-order chi connectivity index (χ0) is 16.8. The van der Waals surface area contributed by atoms with Gasteiger partial charge in [-0.25, -0.2) is 0 Å². The molecule has 0 aliphatic carbocycles. The second-order valence-corrected chi connectivity index (χ2v) is 5.76. The van der Waals surface area contributed by atoms with Gasteiger partial charge in [-0.2, -0.15) is 0 Å². The molecule has 1 N–H and O–H groups in total. The molecule has 3 heteroatoms. The summed E-state index contributed by atoms with van der Waals surface area (Å²) in [6, 6.07) is 12.2. The van der Waals surface area contributed by atoms with E-state index in [9.17, 15) is 4.79 Å². The SMILES string of the molecule is CCC(=O)Nc1cccc(CC)c1COc1ccc(C)cc1C. The van der Waals surface area contributed by atoms with Gasteiger partial charge in [0.05, 0.1) is 0 Å². The van der Waals surface area contributed by atoms with Crippen molar-refractivity contribution in [2.75, 3.05) is 5.32 Å². The van der Waals surface area contributed by atoms with Gasteiger partial charge in [0.2, 0.25) is 5.91 Å². The van der Waals surface area contributed by atoms with Crippen LogP contribution in [0.25, 0.3) is 0 Å². The molecule has 2 aromatic rings. The molecule has 0 heterocycles.